The highest BCUT2D eigenvalue weighted by atomic mass is 16.5. The van der Waals surface area contributed by atoms with E-state index in [2.05, 4.69) is 23.9 Å². The van der Waals surface area contributed by atoms with E-state index in [4.69, 9.17) is 4.74 Å². The molecule has 1 aliphatic heterocycles. The molecule has 5 heteroatoms. The summed E-state index contributed by atoms with van der Waals surface area (Å²) in [6.07, 6.45) is 2.73. The number of nitrogens with zero attached hydrogens (tertiary/aromatic N) is 2. The van der Waals surface area contributed by atoms with Crippen molar-refractivity contribution in [3.63, 3.8) is 0 Å². The summed E-state index contributed by atoms with van der Waals surface area (Å²) in [4.78, 5) is 27.4. The fourth-order valence-electron chi connectivity index (χ4n) is 2.40. The number of likely N-dealkylation sites (tertiary alicyclic amines) is 1. The van der Waals surface area contributed by atoms with Crippen LogP contribution in [0.15, 0.2) is 0 Å². The van der Waals surface area contributed by atoms with Crippen molar-refractivity contribution in [2.24, 2.45) is 0 Å². The lowest BCUT2D eigenvalue weighted by atomic mass is 10.0. The topological polar surface area (TPSA) is 49.9 Å². The predicted octanol–water partition coefficient (Wildman–Crippen LogP) is 0.925. The van der Waals surface area contributed by atoms with Gasteiger partial charge in [0.25, 0.3) is 0 Å². The Morgan fingerprint density at radius 1 is 1.21 bits per heavy atom. The summed E-state index contributed by atoms with van der Waals surface area (Å²) in [6.45, 7) is 4.56. The van der Waals surface area contributed by atoms with Gasteiger partial charge in [0.1, 0.15) is 5.78 Å². The molecule has 1 fully saturated rings. The molecule has 0 aromatic heterocycles. The standard InChI is InChI=1S/C14H26N2O3/c1-4-19-14(18)6-5-13(17)11-16-9-7-12(8-10-16)15(2)3/h12H,4-11H2,1-3H3. The Bertz CT molecular complexity index is 297. The van der Waals surface area contributed by atoms with Crippen LogP contribution in [0.4, 0.5) is 0 Å². The van der Waals surface area contributed by atoms with E-state index < -0.39 is 0 Å². The minimum atomic E-state index is -0.276. The smallest absolute Gasteiger partial charge is 0.306 e. The van der Waals surface area contributed by atoms with Crippen molar-refractivity contribution in [3.8, 4) is 0 Å². The molecule has 1 saturated heterocycles. The van der Waals surface area contributed by atoms with Crippen LogP contribution in [0.3, 0.4) is 0 Å². The molecule has 0 amide bonds. The number of rotatable bonds is 7. The summed E-state index contributed by atoms with van der Waals surface area (Å²) in [7, 11) is 4.20. The Morgan fingerprint density at radius 3 is 2.37 bits per heavy atom. The summed E-state index contributed by atoms with van der Waals surface area (Å²) >= 11 is 0. The van der Waals surface area contributed by atoms with Crippen LogP contribution in [0.25, 0.3) is 0 Å². The molecule has 1 aliphatic rings. The van der Waals surface area contributed by atoms with Crippen molar-refractivity contribution >= 4 is 11.8 Å². The lowest BCUT2D eigenvalue weighted by Crippen LogP contribution is -2.43. The van der Waals surface area contributed by atoms with Crippen LogP contribution in [0.1, 0.15) is 32.6 Å². The Hall–Kier alpha value is -0.940. The molecule has 0 radical (unpaired) electrons. The van der Waals surface area contributed by atoms with E-state index in [1.54, 1.807) is 6.92 Å². The second-order valence-electron chi connectivity index (χ2n) is 5.31. The van der Waals surface area contributed by atoms with Crippen LogP contribution in [0, 0.1) is 0 Å². The highest BCUT2D eigenvalue weighted by Gasteiger charge is 2.22. The van der Waals surface area contributed by atoms with Gasteiger partial charge in [0.05, 0.1) is 19.6 Å². The Balaban J connectivity index is 2.18. The van der Waals surface area contributed by atoms with Crippen molar-refractivity contribution in [1.82, 2.24) is 9.80 Å². The van der Waals surface area contributed by atoms with E-state index in [1.165, 1.54) is 0 Å². The molecule has 0 spiro atoms. The predicted molar refractivity (Wildman–Crippen MR) is 74.0 cm³/mol. The molecule has 1 rings (SSSR count). The van der Waals surface area contributed by atoms with Crippen molar-refractivity contribution in [2.75, 3.05) is 40.3 Å². The number of esters is 1. The number of hydrogen-bond donors (Lipinski definition) is 0. The summed E-state index contributed by atoms with van der Waals surface area (Å²) in [5.41, 5.74) is 0. The number of Topliss-reactive ketones (excluding diaryl/α,β-unsaturated/α-hetero) is 1. The van der Waals surface area contributed by atoms with Crippen molar-refractivity contribution in [2.45, 2.75) is 38.6 Å². The SMILES string of the molecule is CCOC(=O)CCC(=O)CN1CCC(N(C)C)CC1. The van der Waals surface area contributed by atoms with Crippen molar-refractivity contribution in [3.05, 3.63) is 0 Å². The summed E-state index contributed by atoms with van der Waals surface area (Å²) in [6, 6.07) is 0.630. The van der Waals surface area contributed by atoms with Gasteiger partial charge in [-0.25, -0.2) is 0 Å². The van der Waals surface area contributed by atoms with Gasteiger partial charge in [-0.15, -0.1) is 0 Å². The molecular weight excluding hydrogens is 244 g/mol. The Morgan fingerprint density at radius 2 is 1.84 bits per heavy atom. The van der Waals surface area contributed by atoms with Crippen molar-refractivity contribution in [1.29, 1.82) is 0 Å². The number of hydrogen-bond acceptors (Lipinski definition) is 5. The zero-order valence-electron chi connectivity index (χ0n) is 12.4. The summed E-state index contributed by atoms with van der Waals surface area (Å²) in [5, 5.41) is 0. The first-order valence-electron chi connectivity index (χ1n) is 7.09. The van der Waals surface area contributed by atoms with Crippen molar-refractivity contribution < 1.29 is 14.3 Å². The molecule has 0 aromatic carbocycles. The van der Waals surface area contributed by atoms with E-state index in [0.717, 1.165) is 25.9 Å². The molecule has 5 nitrogen and oxygen atoms in total. The second-order valence-corrected chi connectivity index (χ2v) is 5.31. The molecule has 0 aromatic rings. The average Bonchev–Trinajstić information content (AvgIpc) is 2.37. The Kier molecular flexibility index (Phi) is 7.02. The molecule has 0 N–H and O–H groups in total. The van der Waals surface area contributed by atoms with Gasteiger partial charge in [0.2, 0.25) is 0 Å². The summed E-state index contributed by atoms with van der Waals surface area (Å²) in [5.74, 6) is -0.140. The fourth-order valence-corrected chi connectivity index (χ4v) is 2.40. The number of ketones is 1. The zero-order valence-corrected chi connectivity index (χ0v) is 12.4. The molecule has 0 bridgehead atoms. The molecule has 0 atom stereocenters. The van der Waals surface area contributed by atoms with Crippen LogP contribution >= 0.6 is 0 Å². The van der Waals surface area contributed by atoms with E-state index in [0.29, 0.717) is 25.6 Å². The normalized spacial score (nSPS) is 17.7. The quantitative estimate of drug-likeness (QED) is 0.644. The van der Waals surface area contributed by atoms with Gasteiger partial charge in [-0.2, -0.15) is 0 Å². The molecule has 0 unspecified atom stereocenters. The van der Waals surface area contributed by atoms with Crippen LogP contribution in [-0.2, 0) is 14.3 Å². The summed E-state index contributed by atoms with van der Waals surface area (Å²) < 4.78 is 4.81. The van der Waals surface area contributed by atoms with Crippen LogP contribution in [0.5, 0.6) is 0 Å². The molecule has 1 heterocycles. The van der Waals surface area contributed by atoms with E-state index in [9.17, 15) is 9.59 Å². The third-order valence-electron chi connectivity index (χ3n) is 3.60. The first kappa shape index (κ1) is 16.1. The van der Waals surface area contributed by atoms with E-state index >= 15 is 0 Å². The van der Waals surface area contributed by atoms with Crippen LogP contribution in [0.2, 0.25) is 0 Å². The van der Waals surface area contributed by atoms with Crippen LogP contribution < -0.4 is 0 Å². The Labute approximate surface area is 115 Å². The fraction of sp³-hybridized carbons (Fsp3) is 0.857. The maximum atomic E-state index is 11.8. The van der Waals surface area contributed by atoms with E-state index in [-0.39, 0.29) is 18.2 Å². The largest absolute Gasteiger partial charge is 0.466 e. The van der Waals surface area contributed by atoms with Gasteiger partial charge in [-0.3, -0.25) is 14.5 Å². The zero-order chi connectivity index (χ0) is 14.3. The molecule has 0 saturated carbocycles. The number of piperidine rings is 1. The monoisotopic (exact) mass is 270 g/mol. The molecular formula is C14H26N2O3. The highest BCUT2D eigenvalue weighted by molar-refractivity contribution is 5.84. The maximum absolute atomic E-state index is 11.8. The lowest BCUT2D eigenvalue weighted by molar-refractivity contribution is -0.144. The minimum Gasteiger partial charge on any atom is -0.466 e. The first-order chi connectivity index (χ1) is 9.02. The van der Waals surface area contributed by atoms with Gasteiger partial charge in [0, 0.05) is 25.6 Å². The number of carbonyl (C=O) groups is 2. The first-order valence-corrected chi connectivity index (χ1v) is 7.09. The third kappa shape index (κ3) is 6.16. The van der Waals surface area contributed by atoms with E-state index in [1.807, 2.05) is 0 Å². The lowest BCUT2D eigenvalue weighted by Gasteiger charge is -2.34. The van der Waals surface area contributed by atoms with Gasteiger partial charge < -0.3 is 9.64 Å². The molecule has 110 valence electrons. The third-order valence-corrected chi connectivity index (χ3v) is 3.60. The average molecular weight is 270 g/mol. The van der Waals surface area contributed by atoms with Gasteiger partial charge in [0.15, 0.2) is 0 Å². The maximum Gasteiger partial charge on any atom is 0.306 e. The minimum absolute atomic E-state index is 0.136. The number of carbonyl (C=O) groups excluding carboxylic acids is 2. The highest BCUT2D eigenvalue weighted by Crippen LogP contribution is 2.14. The van der Waals surface area contributed by atoms with Gasteiger partial charge in [-0.05, 0) is 33.9 Å². The van der Waals surface area contributed by atoms with Crippen LogP contribution in [-0.4, -0.2) is 67.9 Å². The molecule has 0 aliphatic carbocycles. The number of ether oxygens (including phenoxy) is 1. The molecule has 19 heavy (non-hydrogen) atoms. The second kappa shape index (κ2) is 8.27. The van der Waals surface area contributed by atoms with Gasteiger partial charge >= 0.3 is 5.97 Å². The van der Waals surface area contributed by atoms with Gasteiger partial charge in [-0.1, -0.05) is 0 Å².